The van der Waals surface area contributed by atoms with Crippen molar-refractivity contribution in [1.29, 1.82) is 0 Å². The minimum Gasteiger partial charge on any atom is -0.496 e. The van der Waals surface area contributed by atoms with Crippen molar-refractivity contribution in [3.05, 3.63) is 55.4 Å². The molecule has 2 N–H and O–H groups in total. The number of hydrazone groups is 1. The fourth-order valence-corrected chi connectivity index (χ4v) is 4.30. The lowest BCUT2D eigenvalue weighted by Gasteiger charge is -2.27. The second kappa shape index (κ2) is 11.3. The van der Waals surface area contributed by atoms with E-state index in [1.807, 2.05) is 42.2 Å². The maximum absolute atomic E-state index is 6.32. The van der Waals surface area contributed by atoms with Crippen LogP contribution in [0.3, 0.4) is 0 Å². The fraction of sp³-hybridized carbons (Fsp3) is 0.273. The molecule has 1 fully saturated rings. The number of rotatable bonds is 7. The summed E-state index contributed by atoms with van der Waals surface area (Å²) in [6.07, 6.45) is 1.64. The molecule has 0 aliphatic carbocycles. The zero-order chi connectivity index (χ0) is 24.1. The number of halogens is 3. The van der Waals surface area contributed by atoms with Gasteiger partial charge in [-0.15, -0.1) is 0 Å². The summed E-state index contributed by atoms with van der Waals surface area (Å²) in [5, 5.41) is 8.17. The quantitative estimate of drug-likeness (QED) is 0.271. The van der Waals surface area contributed by atoms with E-state index in [1.54, 1.807) is 13.3 Å². The average molecular weight is 612 g/mol. The van der Waals surface area contributed by atoms with Crippen LogP contribution in [0.2, 0.25) is 5.02 Å². The molecule has 0 radical (unpaired) electrons. The summed E-state index contributed by atoms with van der Waals surface area (Å²) in [4.78, 5) is 15.7. The molecule has 9 nitrogen and oxygen atoms in total. The lowest BCUT2D eigenvalue weighted by molar-refractivity contribution is 0.122. The number of aryl methyl sites for hydroxylation is 1. The minimum atomic E-state index is 0.290. The van der Waals surface area contributed by atoms with Crippen molar-refractivity contribution in [1.82, 2.24) is 15.0 Å². The normalized spacial score (nSPS) is 13.9. The van der Waals surface area contributed by atoms with Gasteiger partial charge >= 0.3 is 0 Å². The van der Waals surface area contributed by atoms with Crippen molar-refractivity contribution in [2.24, 2.45) is 5.10 Å². The number of anilines is 4. The molecule has 12 heteroatoms. The van der Waals surface area contributed by atoms with Gasteiger partial charge in [0.05, 0.1) is 32.2 Å². The van der Waals surface area contributed by atoms with Crippen LogP contribution in [0.15, 0.2) is 44.4 Å². The van der Waals surface area contributed by atoms with Crippen LogP contribution in [0.1, 0.15) is 11.1 Å². The van der Waals surface area contributed by atoms with Gasteiger partial charge in [-0.1, -0.05) is 27.5 Å². The monoisotopic (exact) mass is 609 g/mol. The Morgan fingerprint density at radius 1 is 1.12 bits per heavy atom. The molecule has 1 aliphatic heterocycles. The first-order chi connectivity index (χ1) is 16.4. The summed E-state index contributed by atoms with van der Waals surface area (Å²) in [5.41, 5.74) is 5.40. The highest BCUT2D eigenvalue weighted by Crippen LogP contribution is 2.31. The van der Waals surface area contributed by atoms with E-state index in [4.69, 9.17) is 21.1 Å². The van der Waals surface area contributed by atoms with Crippen molar-refractivity contribution in [2.75, 3.05) is 49.1 Å². The van der Waals surface area contributed by atoms with E-state index in [9.17, 15) is 0 Å². The highest BCUT2D eigenvalue weighted by Gasteiger charge is 2.17. The SMILES string of the molecule is COc1ccc(Br)cc1/C=N/Nc1nc(Nc2cc(Cl)c(C)cc2Br)nc(N2CCOCC2)n1. The molecule has 0 atom stereocenters. The number of aromatic nitrogens is 3. The maximum Gasteiger partial charge on any atom is 0.250 e. The Balaban J connectivity index is 1.62. The van der Waals surface area contributed by atoms with Crippen molar-refractivity contribution >= 4 is 73.2 Å². The number of nitrogens with zero attached hydrogens (tertiary/aromatic N) is 5. The van der Waals surface area contributed by atoms with Crippen molar-refractivity contribution < 1.29 is 9.47 Å². The molecule has 1 aliphatic rings. The predicted molar refractivity (Wildman–Crippen MR) is 142 cm³/mol. The molecule has 1 aromatic heterocycles. The van der Waals surface area contributed by atoms with E-state index in [-0.39, 0.29) is 0 Å². The molecule has 0 saturated carbocycles. The van der Waals surface area contributed by atoms with Gasteiger partial charge < -0.3 is 19.7 Å². The molecular weight excluding hydrogens is 590 g/mol. The van der Waals surface area contributed by atoms with Gasteiger partial charge in [0.2, 0.25) is 17.8 Å². The minimum absolute atomic E-state index is 0.290. The maximum atomic E-state index is 6.32. The molecule has 2 heterocycles. The van der Waals surface area contributed by atoms with Crippen LogP contribution in [0.25, 0.3) is 0 Å². The van der Waals surface area contributed by atoms with Crippen molar-refractivity contribution in [3.63, 3.8) is 0 Å². The number of nitrogens with one attached hydrogen (secondary N) is 2. The van der Waals surface area contributed by atoms with Crippen LogP contribution in [0.4, 0.5) is 23.5 Å². The summed E-state index contributed by atoms with van der Waals surface area (Å²) in [6, 6.07) is 9.42. The largest absolute Gasteiger partial charge is 0.496 e. The Labute approximate surface area is 219 Å². The third kappa shape index (κ3) is 6.15. The zero-order valence-corrected chi connectivity index (χ0v) is 22.4. The number of methoxy groups -OCH3 is 1. The van der Waals surface area contributed by atoms with Crippen LogP contribution in [0, 0.1) is 6.92 Å². The van der Waals surface area contributed by atoms with E-state index in [0.29, 0.717) is 54.9 Å². The summed E-state index contributed by atoms with van der Waals surface area (Å²) < 4.78 is 12.6. The molecule has 34 heavy (non-hydrogen) atoms. The van der Waals surface area contributed by atoms with Gasteiger partial charge in [0, 0.05) is 32.6 Å². The number of benzene rings is 2. The van der Waals surface area contributed by atoms with Crippen LogP contribution >= 0.6 is 43.5 Å². The molecule has 0 bridgehead atoms. The molecule has 1 saturated heterocycles. The van der Waals surface area contributed by atoms with Gasteiger partial charge in [-0.25, -0.2) is 5.43 Å². The fourth-order valence-electron chi connectivity index (χ4n) is 3.20. The molecule has 4 rings (SSSR count). The van der Waals surface area contributed by atoms with Gasteiger partial charge in [-0.3, -0.25) is 0 Å². The van der Waals surface area contributed by atoms with E-state index in [1.165, 1.54) is 0 Å². The first-order valence-corrected chi connectivity index (χ1v) is 12.3. The Kier molecular flexibility index (Phi) is 8.19. The second-order valence-electron chi connectivity index (χ2n) is 7.34. The van der Waals surface area contributed by atoms with E-state index in [0.717, 1.165) is 25.8 Å². The standard InChI is InChI=1S/C22H22Br2ClN7O2/c1-13-9-16(24)18(11-17(13)25)27-20-28-21(30-22(29-20)32-5-7-34-8-6-32)31-26-12-14-10-15(23)3-4-19(14)33-2/h3-4,9-12H,5-8H2,1-2H3,(H2,27,28,29,30,31)/b26-12+. The first-order valence-electron chi connectivity index (χ1n) is 10.4. The van der Waals surface area contributed by atoms with Crippen LogP contribution in [-0.4, -0.2) is 54.6 Å². The van der Waals surface area contributed by atoms with E-state index < -0.39 is 0 Å². The first kappa shape index (κ1) is 24.6. The second-order valence-corrected chi connectivity index (χ2v) is 9.52. The van der Waals surface area contributed by atoms with E-state index in [2.05, 4.69) is 62.7 Å². The summed E-state index contributed by atoms with van der Waals surface area (Å²) in [5.74, 6) is 1.86. The van der Waals surface area contributed by atoms with Gasteiger partial charge in [0.1, 0.15) is 5.75 Å². The Morgan fingerprint density at radius 2 is 1.88 bits per heavy atom. The molecule has 0 spiro atoms. The highest BCUT2D eigenvalue weighted by molar-refractivity contribution is 9.10. The Bertz CT molecular complexity index is 1210. The number of hydrogen-bond acceptors (Lipinski definition) is 9. The number of morpholine rings is 1. The van der Waals surface area contributed by atoms with Gasteiger partial charge in [0.15, 0.2) is 0 Å². The van der Waals surface area contributed by atoms with Crippen LogP contribution in [-0.2, 0) is 4.74 Å². The van der Waals surface area contributed by atoms with Gasteiger partial charge in [0.25, 0.3) is 0 Å². The number of hydrogen-bond donors (Lipinski definition) is 2. The summed E-state index contributed by atoms with van der Waals surface area (Å²) in [6.45, 7) is 4.52. The Hall–Kier alpha value is -2.47. The zero-order valence-electron chi connectivity index (χ0n) is 18.5. The van der Waals surface area contributed by atoms with Crippen molar-refractivity contribution in [2.45, 2.75) is 6.92 Å². The number of ether oxygens (including phenoxy) is 2. The predicted octanol–water partition coefficient (Wildman–Crippen LogP) is 5.39. The van der Waals surface area contributed by atoms with Crippen LogP contribution in [0.5, 0.6) is 5.75 Å². The van der Waals surface area contributed by atoms with Crippen molar-refractivity contribution in [3.8, 4) is 5.75 Å². The lowest BCUT2D eigenvalue weighted by atomic mass is 10.2. The average Bonchev–Trinajstić information content (AvgIpc) is 2.83. The van der Waals surface area contributed by atoms with Crippen LogP contribution < -0.4 is 20.4 Å². The van der Waals surface area contributed by atoms with Gasteiger partial charge in [-0.2, -0.15) is 20.1 Å². The van der Waals surface area contributed by atoms with E-state index >= 15 is 0 Å². The summed E-state index contributed by atoms with van der Waals surface area (Å²) in [7, 11) is 1.61. The molecule has 0 unspecified atom stereocenters. The molecule has 0 amide bonds. The molecule has 2 aromatic carbocycles. The molecular formula is C22H22Br2ClN7O2. The third-order valence-electron chi connectivity index (χ3n) is 4.97. The molecule has 178 valence electrons. The third-order valence-corrected chi connectivity index (χ3v) is 6.53. The Morgan fingerprint density at radius 3 is 2.65 bits per heavy atom. The van der Waals surface area contributed by atoms with Gasteiger partial charge in [-0.05, 0) is 58.7 Å². The smallest absolute Gasteiger partial charge is 0.250 e. The lowest BCUT2D eigenvalue weighted by Crippen LogP contribution is -2.37. The molecule has 3 aromatic rings. The topological polar surface area (TPSA) is 96.8 Å². The highest BCUT2D eigenvalue weighted by atomic mass is 79.9. The summed E-state index contributed by atoms with van der Waals surface area (Å²) >= 11 is 13.3.